The van der Waals surface area contributed by atoms with E-state index in [1.54, 1.807) is 12.3 Å². The van der Waals surface area contributed by atoms with Gasteiger partial charge in [-0.2, -0.15) is 5.26 Å². The predicted octanol–water partition coefficient (Wildman–Crippen LogP) is 3.23. The summed E-state index contributed by atoms with van der Waals surface area (Å²) in [7, 11) is 0. The standard InChI is InChI=1S/C20H17N5O2/c21-9-6-19(26)23-16-2-1-3-17-15(16)8-11-25(17)14-7-10-22-18(12-14)24-20(27)13-4-5-13/h1-3,7-8,10-13H,4-6H2,(H,23,26)(H,22,24,27). The highest BCUT2D eigenvalue weighted by molar-refractivity contribution is 6.02. The monoisotopic (exact) mass is 359 g/mol. The second kappa shape index (κ2) is 6.92. The SMILES string of the molecule is N#CCC(=O)Nc1cccc2c1ccn2-c1ccnc(NC(=O)C2CC2)c1. The van der Waals surface area contributed by atoms with Crippen LogP contribution in [0.2, 0.25) is 0 Å². The highest BCUT2D eigenvalue weighted by atomic mass is 16.2. The van der Waals surface area contributed by atoms with Gasteiger partial charge in [0, 0.05) is 29.8 Å². The van der Waals surface area contributed by atoms with Gasteiger partial charge < -0.3 is 15.2 Å². The van der Waals surface area contributed by atoms with Crippen molar-refractivity contribution in [1.82, 2.24) is 9.55 Å². The van der Waals surface area contributed by atoms with Gasteiger partial charge in [-0.15, -0.1) is 0 Å². The summed E-state index contributed by atoms with van der Waals surface area (Å²) < 4.78 is 1.96. The average Bonchev–Trinajstić information content (AvgIpc) is 3.42. The lowest BCUT2D eigenvalue weighted by molar-refractivity contribution is -0.117. The summed E-state index contributed by atoms with van der Waals surface area (Å²) in [5, 5.41) is 15.1. The van der Waals surface area contributed by atoms with Crippen LogP contribution in [0.3, 0.4) is 0 Å². The quantitative estimate of drug-likeness (QED) is 0.730. The molecule has 3 aromatic rings. The zero-order chi connectivity index (χ0) is 18.8. The van der Waals surface area contributed by atoms with Crippen LogP contribution in [-0.4, -0.2) is 21.4 Å². The van der Waals surface area contributed by atoms with Gasteiger partial charge in [-0.1, -0.05) is 6.07 Å². The van der Waals surface area contributed by atoms with Crippen LogP contribution in [-0.2, 0) is 9.59 Å². The van der Waals surface area contributed by atoms with Crippen LogP contribution in [0.25, 0.3) is 16.6 Å². The molecule has 2 heterocycles. The van der Waals surface area contributed by atoms with Crippen molar-refractivity contribution < 1.29 is 9.59 Å². The van der Waals surface area contributed by atoms with Crippen LogP contribution in [0.5, 0.6) is 0 Å². The summed E-state index contributed by atoms with van der Waals surface area (Å²) in [6.07, 6.45) is 5.24. The van der Waals surface area contributed by atoms with E-state index in [0.717, 1.165) is 29.4 Å². The Bertz CT molecular complexity index is 1080. The molecule has 4 rings (SSSR count). The van der Waals surface area contributed by atoms with E-state index in [-0.39, 0.29) is 24.2 Å². The van der Waals surface area contributed by atoms with E-state index < -0.39 is 0 Å². The van der Waals surface area contributed by atoms with Gasteiger partial charge in [-0.3, -0.25) is 9.59 Å². The van der Waals surface area contributed by atoms with Gasteiger partial charge in [-0.25, -0.2) is 4.98 Å². The van der Waals surface area contributed by atoms with Crippen LogP contribution < -0.4 is 10.6 Å². The van der Waals surface area contributed by atoms with E-state index in [1.165, 1.54) is 0 Å². The fourth-order valence-electron chi connectivity index (χ4n) is 2.98. The van der Waals surface area contributed by atoms with Crippen molar-refractivity contribution in [1.29, 1.82) is 5.26 Å². The zero-order valence-electron chi connectivity index (χ0n) is 14.5. The summed E-state index contributed by atoms with van der Waals surface area (Å²) in [6, 6.07) is 13.0. The molecule has 0 unspecified atom stereocenters. The Balaban J connectivity index is 1.65. The van der Waals surface area contributed by atoms with Crippen molar-refractivity contribution in [2.45, 2.75) is 19.3 Å². The van der Waals surface area contributed by atoms with Crippen LogP contribution in [0.15, 0.2) is 48.8 Å². The summed E-state index contributed by atoms with van der Waals surface area (Å²) in [4.78, 5) is 27.9. The normalized spacial score (nSPS) is 13.1. The topological polar surface area (TPSA) is 99.8 Å². The Morgan fingerprint density at radius 3 is 2.85 bits per heavy atom. The maximum atomic E-state index is 12.0. The number of pyridine rings is 1. The molecule has 7 nitrogen and oxygen atoms in total. The minimum Gasteiger partial charge on any atom is -0.325 e. The van der Waals surface area contributed by atoms with Gasteiger partial charge in [0.05, 0.1) is 23.0 Å². The molecule has 2 N–H and O–H groups in total. The van der Waals surface area contributed by atoms with Gasteiger partial charge in [-0.05, 0) is 37.1 Å². The summed E-state index contributed by atoms with van der Waals surface area (Å²) >= 11 is 0. The number of nitrogens with zero attached hydrogens (tertiary/aromatic N) is 3. The Morgan fingerprint density at radius 2 is 2.07 bits per heavy atom. The molecule has 0 aliphatic heterocycles. The average molecular weight is 359 g/mol. The third-order valence-corrected chi connectivity index (χ3v) is 4.47. The summed E-state index contributed by atoms with van der Waals surface area (Å²) in [5.41, 5.74) is 2.41. The Morgan fingerprint density at radius 1 is 1.22 bits per heavy atom. The number of nitrogens with one attached hydrogen (secondary N) is 2. The fourth-order valence-corrected chi connectivity index (χ4v) is 2.98. The molecule has 0 bridgehead atoms. The van der Waals surface area contributed by atoms with Crippen LogP contribution >= 0.6 is 0 Å². The number of nitriles is 1. The van der Waals surface area contributed by atoms with Crippen molar-refractivity contribution in [3.05, 3.63) is 48.8 Å². The van der Waals surface area contributed by atoms with Gasteiger partial charge in [0.25, 0.3) is 0 Å². The van der Waals surface area contributed by atoms with Crippen LogP contribution in [0.4, 0.5) is 11.5 Å². The third kappa shape index (κ3) is 3.51. The second-order valence-corrected chi connectivity index (χ2v) is 6.47. The molecule has 1 saturated carbocycles. The van der Waals surface area contributed by atoms with Gasteiger partial charge in [0.1, 0.15) is 12.2 Å². The number of anilines is 2. The van der Waals surface area contributed by atoms with Gasteiger partial charge in [0.2, 0.25) is 11.8 Å². The number of carbonyl (C=O) groups is 2. The number of benzene rings is 1. The second-order valence-electron chi connectivity index (χ2n) is 6.47. The first-order valence-electron chi connectivity index (χ1n) is 8.70. The molecule has 2 aromatic heterocycles. The lowest BCUT2D eigenvalue weighted by Crippen LogP contribution is -2.14. The fraction of sp³-hybridized carbons (Fsp3) is 0.200. The van der Waals surface area contributed by atoms with Crippen molar-refractivity contribution in [3.8, 4) is 11.8 Å². The minimum absolute atomic E-state index is 0.0134. The van der Waals surface area contributed by atoms with E-state index in [1.807, 2.05) is 47.2 Å². The lowest BCUT2D eigenvalue weighted by Gasteiger charge is -2.10. The molecule has 0 saturated heterocycles. The molecule has 7 heteroatoms. The first-order valence-corrected chi connectivity index (χ1v) is 8.70. The molecule has 0 radical (unpaired) electrons. The first kappa shape index (κ1) is 16.8. The van der Waals surface area contributed by atoms with Gasteiger partial charge >= 0.3 is 0 Å². The number of fused-ring (bicyclic) bond motifs is 1. The minimum atomic E-state index is -0.341. The molecule has 134 valence electrons. The first-order chi connectivity index (χ1) is 13.2. The third-order valence-electron chi connectivity index (χ3n) is 4.47. The molecular weight excluding hydrogens is 342 g/mol. The molecule has 1 aliphatic carbocycles. The smallest absolute Gasteiger partial charge is 0.238 e. The Hall–Kier alpha value is -3.66. The Labute approximate surface area is 155 Å². The van der Waals surface area contributed by atoms with E-state index in [4.69, 9.17) is 5.26 Å². The van der Waals surface area contributed by atoms with E-state index >= 15 is 0 Å². The Kier molecular flexibility index (Phi) is 4.30. The number of carbonyl (C=O) groups excluding carboxylic acids is 2. The van der Waals surface area contributed by atoms with E-state index in [0.29, 0.717) is 11.5 Å². The number of rotatable bonds is 5. The van der Waals surface area contributed by atoms with Crippen LogP contribution in [0, 0.1) is 17.2 Å². The molecule has 0 spiro atoms. The lowest BCUT2D eigenvalue weighted by atomic mass is 10.2. The molecule has 27 heavy (non-hydrogen) atoms. The van der Waals surface area contributed by atoms with Crippen molar-refractivity contribution in [2.24, 2.45) is 5.92 Å². The highest BCUT2D eigenvalue weighted by Crippen LogP contribution is 2.31. The highest BCUT2D eigenvalue weighted by Gasteiger charge is 2.29. The molecule has 1 aliphatic rings. The molecule has 0 atom stereocenters. The molecule has 1 aromatic carbocycles. The molecule has 1 fully saturated rings. The van der Waals surface area contributed by atoms with Crippen molar-refractivity contribution in [2.75, 3.05) is 10.6 Å². The predicted molar refractivity (Wildman–Crippen MR) is 101 cm³/mol. The van der Waals surface area contributed by atoms with Crippen molar-refractivity contribution in [3.63, 3.8) is 0 Å². The largest absolute Gasteiger partial charge is 0.325 e. The molecule has 2 amide bonds. The van der Waals surface area contributed by atoms with Crippen molar-refractivity contribution >= 4 is 34.2 Å². The number of hydrogen-bond donors (Lipinski definition) is 2. The van der Waals surface area contributed by atoms with Gasteiger partial charge in [0.15, 0.2) is 0 Å². The maximum Gasteiger partial charge on any atom is 0.238 e. The number of aromatic nitrogens is 2. The zero-order valence-corrected chi connectivity index (χ0v) is 14.5. The van der Waals surface area contributed by atoms with E-state index in [2.05, 4.69) is 15.6 Å². The van der Waals surface area contributed by atoms with E-state index in [9.17, 15) is 9.59 Å². The number of hydrogen-bond acceptors (Lipinski definition) is 4. The van der Waals surface area contributed by atoms with Crippen LogP contribution in [0.1, 0.15) is 19.3 Å². The summed E-state index contributed by atoms with van der Waals surface area (Å²) in [6.45, 7) is 0. The summed E-state index contributed by atoms with van der Waals surface area (Å²) in [5.74, 6) is 0.304. The maximum absolute atomic E-state index is 12.0. The number of amides is 2. The molecular formula is C20H17N5O2.